The lowest BCUT2D eigenvalue weighted by atomic mass is 9.94. The number of carbonyl (C=O) groups is 1. The van der Waals surface area contributed by atoms with Crippen LogP contribution in [-0.2, 0) is 9.53 Å². The van der Waals surface area contributed by atoms with Crippen molar-refractivity contribution in [3.63, 3.8) is 0 Å². The Hall–Kier alpha value is -1.55. The number of esters is 1. The molecule has 1 aliphatic carbocycles. The molecule has 1 aromatic carbocycles. The van der Waals surface area contributed by atoms with E-state index in [0.29, 0.717) is 12.6 Å². The minimum atomic E-state index is -0.395. The first-order valence-corrected chi connectivity index (χ1v) is 7.81. The lowest BCUT2D eigenvalue weighted by molar-refractivity contribution is -0.143. The Morgan fingerprint density at radius 2 is 1.90 bits per heavy atom. The molecule has 0 bridgehead atoms. The molecule has 1 aliphatic rings. The van der Waals surface area contributed by atoms with Crippen molar-refractivity contribution in [1.29, 1.82) is 0 Å². The van der Waals surface area contributed by atoms with Gasteiger partial charge in [0.1, 0.15) is 11.8 Å². The molecule has 2 rings (SSSR count). The molecule has 0 spiro atoms. The van der Waals surface area contributed by atoms with Gasteiger partial charge in [-0.3, -0.25) is 5.32 Å². The summed E-state index contributed by atoms with van der Waals surface area (Å²) in [5.74, 6) is 0.590. The first-order valence-electron chi connectivity index (χ1n) is 7.81. The van der Waals surface area contributed by atoms with E-state index in [1.807, 2.05) is 31.2 Å². The van der Waals surface area contributed by atoms with Gasteiger partial charge in [-0.1, -0.05) is 31.4 Å². The summed E-state index contributed by atoms with van der Waals surface area (Å²) in [5.41, 5.74) is 0.927. The van der Waals surface area contributed by atoms with E-state index in [2.05, 4.69) is 5.32 Å². The summed E-state index contributed by atoms with van der Waals surface area (Å²) in [4.78, 5) is 12.1. The van der Waals surface area contributed by atoms with Crippen molar-refractivity contribution in [3.8, 4) is 5.75 Å². The predicted octanol–water partition coefficient (Wildman–Crippen LogP) is 3.22. The Bertz CT molecular complexity index is 438. The van der Waals surface area contributed by atoms with Gasteiger partial charge in [0.2, 0.25) is 0 Å². The molecule has 0 heterocycles. The van der Waals surface area contributed by atoms with Crippen LogP contribution in [0, 0.1) is 0 Å². The number of nitrogens with one attached hydrogen (secondary N) is 1. The second kappa shape index (κ2) is 8.03. The van der Waals surface area contributed by atoms with Gasteiger partial charge in [0, 0.05) is 6.04 Å². The average molecular weight is 291 g/mol. The topological polar surface area (TPSA) is 47.6 Å². The largest absolute Gasteiger partial charge is 0.494 e. The van der Waals surface area contributed by atoms with E-state index in [1.165, 1.54) is 26.4 Å². The van der Waals surface area contributed by atoms with Gasteiger partial charge < -0.3 is 9.47 Å². The van der Waals surface area contributed by atoms with Crippen molar-refractivity contribution < 1.29 is 14.3 Å². The van der Waals surface area contributed by atoms with Crippen LogP contribution in [0.25, 0.3) is 0 Å². The van der Waals surface area contributed by atoms with Gasteiger partial charge in [-0.15, -0.1) is 0 Å². The summed E-state index contributed by atoms with van der Waals surface area (Å²) in [7, 11) is 1.44. The van der Waals surface area contributed by atoms with Crippen LogP contribution < -0.4 is 10.1 Å². The molecule has 0 aliphatic heterocycles. The van der Waals surface area contributed by atoms with E-state index in [1.54, 1.807) is 0 Å². The van der Waals surface area contributed by atoms with Crippen LogP contribution in [0.3, 0.4) is 0 Å². The van der Waals surface area contributed by atoms with E-state index < -0.39 is 6.04 Å². The van der Waals surface area contributed by atoms with E-state index in [4.69, 9.17) is 9.47 Å². The Morgan fingerprint density at radius 1 is 1.24 bits per heavy atom. The molecule has 116 valence electrons. The highest BCUT2D eigenvalue weighted by Gasteiger charge is 2.25. The Kier molecular flexibility index (Phi) is 6.05. The zero-order valence-electron chi connectivity index (χ0n) is 12.9. The summed E-state index contributed by atoms with van der Waals surface area (Å²) in [5, 5.41) is 3.46. The highest BCUT2D eigenvalue weighted by atomic mass is 16.5. The monoisotopic (exact) mass is 291 g/mol. The van der Waals surface area contributed by atoms with Crippen molar-refractivity contribution in [2.45, 2.75) is 51.1 Å². The zero-order chi connectivity index (χ0) is 15.1. The van der Waals surface area contributed by atoms with Gasteiger partial charge in [0.25, 0.3) is 0 Å². The highest BCUT2D eigenvalue weighted by molar-refractivity contribution is 5.77. The van der Waals surface area contributed by atoms with E-state index in [9.17, 15) is 4.79 Å². The fraction of sp³-hybridized carbons (Fsp3) is 0.588. The molecule has 4 heteroatoms. The molecular formula is C17H25NO3. The third kappa shape index (κ3) is 4.46. The zero-order valence-corrected chi connectivity index (χ0v) is 12.9. The molecule has 4 nitrogen and oxygen atoms in total. The lowest BCUT2D eigenvalue weighted by Gasteiger charge is -2.27. The molecule has 1 aromatic rings. The number of hydrogen-bond donors (Lipinski definition) is 1. The van der Waals surface area contributed by atoms with Crippen LogP contribution >= 0.6 is 0 Å². The normalized spacial score (nSPS) is 17.2. The number of ether oxygens (including phenoxy) is 2. The van der Waals surface area contributed by atoms with Gasteiger partial charge >= 0.3 is 5.97 Å². The van der Waals surface area contributed by atoms with Crippen molar-refractivity contribution >= 4 is 5.97 Å². The number of hydrogen-bond acceptors (Lipinski definition) is 4. The number of benzene rings is 1. The Balaban J connectivity index is 2.08. The van der Waals surface area contributed by atoms with Crippen molar-refractivity contribution in [3.05, 3.63) is 29.8 Å². The predicted molar refractivity (Wildman–Crippen MR) is 82.4 cm³/mol. The van der Waals surface area contributed by atoms with Crippen molar-refractivity contribution in [2.75, 3.05) is 13.7 Å². The SMILES string of the molecule is CCOc1ccc(C(NC2CCCCC2)C(=O)OC)cc1. The molecule has 0 aromatic heterocycles. The van der Waals surface area contributed by atoms with Crippen LogP contribution in [0.15, 0.2) is 24.3 Å². The molecule has 0 saturated heterocycles. The number of methoxy groups -OCH3 is 1. The third-order valence-electron chi connectivity index (χ3n) is 3.97. The van der Waals surface area contributed by atoms with Gasteiger partial charge in [-0.2, -0.15) is 0 Å². The minimum Gasteiger partial charge on any atom is -0.494 e. The lowest BCUT2D eigenvalue weighted by Crippen LogP contribution is -2.38. The number of rotatable bonds is 6. The molecule has 1 saturated carbocycles. The van der Waals surface area contributed by atoms with Crippen LogP contribution in [0.4, 0.5) is 0 Å². The Morgan fingerprint density at radius 3 is 2.48 bits per heavy atom. The highest BCUT2D eigenvalue weighted by Crippen LogP contribution is 2.24. The summed E-state index contributed by atoms with van der Waals surface area (Å²) in [6.45, 7) is 2.59. The minimum absolute atomic E-state index is 0.232. The smallest absolute Gasteiger partial charge is 0.327 e. The first-order chi connectivity index (χ1) is 10.2. The fourth-order valence-corrected chi connectivity index (χ4v) is 2.85. The van der Waals surface area contributed by atoms with Gasteiger partial charge in [0.05, 0.1) is 13.7 Å². The quantitative estimate of drug-likeness (QED) is 0.818. The average Bonchev–Trinajstić information content (AvgIpc) is 2.54. The molecule has 0 radical (unpaired) electrons. The maximum atomic E-state index is 12.1. The molecule has 0 amide bonds. The molecule has 1 fully saturated rings. The fourth-order valence-electron chi connectivity index (χ4n) is 2.85. The maximum Gasteiger partial charge on any atom is 0.327 e. The van der Waals surface area contributed by atoms with Crippen molar-refractivity contribution in [1.82, 2.24) is 5.32 Å². The van der Waals surface area contributed by atoms with Gasteiger partial charge in [0.15, 0.2) is 0 Å². The molecule has 21 heavy (non-hydrogen) atoms. The van der Waals surface area contributed by atoms with Gasteiger partial charge in [-0.05, 0) is 37.5 Å². The van der Waals surface area contributed by atoms with E-state index >= 15 is 0 Å². The Labute approximate surface area is 126 Å². The van der Waals surface area contributed by atoms with E-state index in [0.717, 1.165) is 24.2 Å². The van der Waals surface area contributed by atoms with Crippen LogP contribution in [-0.4, -0.2) is 25.7 Å². The molecular weight excluding hydrogens is 266 g/mol. The summed E-state index contributed by atoms with van der Waals surface area (Å²) < 4.78 is 10.4. The second-order valence-corrected chi connectivity index (χ2v) is 5.46. The second-order valence-electron chi connectivity index (χ2n) is 5.46. The van der Waals surface area contributed by atoms with Crippen LogP contribution in [0.1, 0.15) is 50.6 Å². The van der Waals surface area contributed by atoms with Crippen LogP contribution in [0.5, 0.6) is 5.75 Å². The summed E-state index contributed by atoms with van der Waals surface area (Å²) >= 11 is 0. The maximum absolute atomic E-state index is 12.1. The third-order valence-corrected chi connectivity index (χ3v) is 3.97. The standard InChI is InChI=1S/C17H25NO3/c1-3-21-15-11-9-13(10-12-15)16(17(19)20-2)18-14-7-5-4-6-8-14/h9-12,14,16,18H,3-8H2,1-2H3. The molecule has 1 unspecified atom stereocenters. The van der Waals surface area contributed by atoms with Crippen LogP contribution in [0.2, 0.25) is 0 Å². The summed E-state index contributed by atoms with van der Waals surface area (Å²) in [6, 6.07) is 7.67. The number of carbonyl (C=O) groups excluding carboxylic acids is 1. The summed E-state index contributed by atoms with van der Waals surface area (Å²) in [6.07, 6.45) is 6.02. The molecule has 1 atom stereocenters. The van der Waals surface area contributed by atoms with Gasteiger partial charge in [-0.25, -0.2) is 4.79 Å². The first kappa shape index (κ1) is 15.8. The van der Waals surface area contributed by atoms with E-state index in [-0.39, 0.29) is 5.97 Å². The molecule has 1 N–H and O–H groups in total. The van der Waals surface area contributed by atoms with Crippen molar-refractivity contribution in [2.24, 2.45) is 0 Å².